The van der Waals surface area contributed by atoms with Crippen LogP contribution in [0.2, 0.25) is 0 Å². The molecule has 3 aromatic carbocycles. The number of halogens is 1. The Hall–Kier alpha value is -2.78. The van der Waals surface area contributed by atoms with Gasteiger partial charge in [0.25, 0.3) is 0 Å². The summed E-state index contributed by atoms with van der Waals surface area (Å²) in [5, 5.41) is 0. The van der Waals surface area contributed by atoms with E-state index in [1.807, 2.05) is 12.1 Å². The van der Waals surface area contributed by atoms with Gasteiger partial charge in [0.15, 0.2) is 0 Å². The molecule has 1 aliphatic heterocycles. The number of nitrogens with zero attached hydrogens (tertiary/aromatic N) is 1. The van der Waals surface area contributed by atoms with Crippen molar-refractivity contribution in [3.8, 4) is 0 Å². The number of hydrogen-bond donors (Lipinski definition) is 0. The molecule has 0 aromatic heterocycles. The van der Waals surface area contributed by atoms with Crippen molar-refractivity contribution in [2.75, 3.05) is 6.54 Å². The molecule has 3 aromatic rings. The molecule has 0 spiro atoms. The second-order valence-corrected chi connectivity index (χ2v) is 10.7. The molecule has 0 saturated carbocycles. The molecule has 35 heavy (non-hydrogen) atoms. The van der Waals surface area contributed by atoms with Crippen LogP contribution in [0.3, 0.4) is 0 Å². The Morgan fingerprint density at radius 2 is 1.57 bits per heavy atom. The number of rotatable bonds is 6. The van der Waals surface area contributed by atoms with Gasteiger partial charge in [-0.25, -0.2) is 4.39 Å². The highest BCUT2D eigenvalue weighted by molar-refractivity contribution is 5.80. The number of likely N-dealkylation sites (tertiary alicyclic amines) is 1. The van der Waals surface area contributed by atoms with Gasteiger partial charge in [-0.2, -0.15) is 0 Å². The molecule has 1 saturated heterocycles. The maximum Gasteiger partial charge on any atom is 0.135 e. The largest absolute Gasteiger partial charge is 0.300 e. The van der Waals surface area contributed by atoms with Gasteiger partial charge >= 0.3 is 0 Å². The van der Waals surface area contributed by atoms with Crippen molar-refractivity contribution < 1.29 is 9.18 Å². The van der Waals surface area contributed by atoms with Crippen molar-refractivity contribution in [2.45, 2.75) is 58.5 Å². The Kier molecular flexibility index (Phi) is 6.88. The van der Waals surface area contributed by atoms with Crippen LogP contribution >= 0.6 is 0 Å². The van der Waals surface area contributed by atoms with Crippen LogP contribution in [0.15, 0.2) is 72.8 Å². The number of carbonyl (C=O) groups is 1. The second-order valence-electron chi connectivity index (χ2n) is 10.7. The molecular weight excluding hydrogens is 433 g/mol. The zero-order chi connectivity index (χ0) is 24.5. The van der Waals surface area contributed by atoms with E-state index < -0.39 is 0 Å². The van der Waals surface area contributed by atoms with Gasteiger partial charge in [0.1, 0.15) is 11.6 Å². The Labute approximate surface area is 209 Å². The lowest BCUT2D eigenvalue weighted by molar-refractivity contribution is -0.126. The lowest BCUT2D eigenvalue weighted by Gasteiger charge is -2.48. The zero-order valence-corrected chi connectivity index (χ0v) is 21.1. The van der Waals surface area contributed by atoms with Gasteiger partial charge in [0, 0.05) is 23.6 Å². The molecule has 4 atom stereocenters. The monoisotopic (exact) mass is 469 g/mol. The molecule has 5 rings (SSSR count). The fourth-order valence-electron chi connectivity index (χ4n) is 6.89. The minimum absolute atomic E-state index is 0.153. The van der Waals surface area contributed by atoms with Crippen LogP contribution < -0.4 is 0 Å². The molecule has 182 valence electrons. The van der Waals surface area contributed by atoms with Crippen LogP contribution in [-0.4, -0.2) is 17.2 Å². The summed E-state index contributed by atoms with van der Waals surface area (Å²) in [6, 6.07) is 24.1. The van der Waals surface area contributed by atoms with E-state index >= 15 is 4.39 Å². The number of ketones is 1. The predicted octanol–water partition coefficient (Wildman–Crippen LogP) is 7.27. The van der Waals surface area contributed by atoms with Crippen molar-refractivity contribution in [3.63, 3.8) is 0 Å². The predicted molar refractivity (Wildman–Crippen MR) is 140 cm³/mol. The number of Topliss-reactive ketones (excluding diaryl/α,β-unsaturated/α-hetero) is 1. The van der Waals surface area contributed by atoms with Crippen molar-refractivity contribution in [2.24, 2.45) is 17.8 Å². The van der Waals surface area contributed by atoms with E-state index in [-0.39, 0.29) is 35.5 Å². The minimum atomic E-state index is -0.291. The summed E-state index contributed by atoms with van der Waals surface area (Å²) in [4.78, 5) is 16.0. The smallest absolute Gasteiger partial charge is 0.135 e. The SMILES string of the molecule is CC(=O)C(C1Cc2ccccc2C1)C(c1ccccc1F)N1CCCC(C)C1c1ccccc1C. The highest BCUT2D eigenvalue weighted by Crippen LogP contribution is 2.48. The first-order valence-electron chi connectivity index (χ1n) is 13.1. The first-order valence-corrected chi connectivity index (χ1v) is 13.1. The van der Waals surface area contributed by atoms with Crippen LogP contribution in [0.5, 0.6) is 0 Å². The van der Waals surface area contributed by atoms with E-state index in [0.717, 1.165) is 32.2 Å². The van der Waals surface area contributed by atoms with Gasteiger partial charge in [-0.1, -0.05) is 73.7 Å². The van der Waals surface area contributed by atoms with E-state index in [0.29, 0.717) is 11.5 Å². The number of carbonyl (C=O) groups excluding carboxylic acids is 1. The molecule has 0 bridgehead atoms. The highest BCUT2D eigenvalue weighted by atomic mass is 19.1. The molecule has 1 aliphatic carbocycles. The van der Waals surface area contributed by atoms with Gasteiger partial charge in [0.2, 0.25) is 0 Å². The summed E-state index contributed by atoms with van der Waals surface area (Å²) in [5.74, 6) is 0.284. The maximum absolute atomic E-state index is 15.5. The lowest BCUT2D eigenvalue weighted by Crippen LogP contribution is -2.46. The molecular formula is C32H36FNO. The normalized spacial score (nSPS) is 22.5. The fraction of sp³-hybridized carbons (Fsp3) is 0.406. The second kappa shape index (κ2) is 10.1. The third-order valence-electron chi connectivity index (χ3n) is 8.46. The first kappa shape index (κ1) is 23.9. The lowest BCUT2D eigenvalue weighted by atomic mass is 9.74. The molecule has 2 aliphatic rings. The van der Waals surface area contributed by atoms with Crippen LogP contribution in [0.4, 0.5) is 4.39 Å². The van der Waals surface area contributed by atoms with Crippen molar-refractivity contribution in [1.29, 1.82) is 0 Å². The molecule has 0 N–H and O–H groups in total. The van der Waals surface area contributed by atoms with Crippen molar-refractivity contribution in [3.05, 3.63) is 106 Å². The molecule has 0 radical (unpaired) electrons. The van der Waals surface area contributed by atoms with Gasteiger partial charge in [-0.15, -0.1) is 0 Å². The van der Waals surface area contributed by atoms with Crippen LogP contribution in [0.25, 0.3) is 0 Å². The summed E-state index contributed by atoms with van der Waals surface area (Å²) in [5.41, 5.74) is 5.89. The number of hydrogen-bond acceptors (Lipinski definition) is 2. The van der Waals surface area contributed by atoms with Gasteiger partial charge in [-0.05, 0) is 86.2 Å². The summed E-state index contributed by atoms with van der Waals surface area (Å²) in [7, 11) is 0. The third-order valence-corrected chi connectivity index (χ3v) is 8.46. The summed E-state index contributed by atoms with van der Waals surface area (Å²) in [6.07, 6.45) is 3.96. The zero-order valence-electron chi connectivity index (χ0n) is 21.1. The van der Waals surface area contributed by atoms with E-state index in [2.05, 4.69) is 67.3 Å². The van der Waals surface area contributed by atoms with E-state index in [4.69, 9.17) is 0 Å². The maximum atomic E-state index is 15.5. The Bertz CT molecular complexity index is 1180. The number of fused-ring (bicyclic) bond motifs is 1. The Balaban J connectivity index is 1.63. The van der Waals surface area contributed by atoms with Crippen LogP contribution in [-0.2, 0) is 17.6 Å². The summed E-state index contributed by atoms with van der Waals surface area (Å²) < 4.78 is 15.5. The molecule has 2 nitrogen and oxygen atoms in total. The van der Waals surface area contributed by atoms with Gasteiger partial charge < -0.3 is 0 Å². The first-order chi connectivity index (χ1) is 17.0. The quantitative estimate of drug-likeness (QED) is 0.378. The van der Waals surface area contributed by atoms with Crippen LogP contribution in [0, 0.1) is 30.5 Å². The standard InChI is InChI=1S/C32H36FNO/c1-21-11-4-7-15-27(21)31-22(2)12-10-18-34(31)32(28-16-8-9-17-29(28)33)30(23(3)35)26-19-24-13-5-6-14-25(24)20-26/h4-9,11,13-17,22,26,30-32H,10,12,18-20H2,1-3H3. The van der Waals surface area contributed by atoms with E-state index in [1.54, 1.807) is 19.1 Å². The third kappa shape index (κ3) is 4.59. The molecule has 0 amide bonds. The minimum Gasteiger partial charge on any atom is -0.300 e. The van der Waals surface area contributed by atoms with Gasteiger partial charge in [0.05, 0.1) is 0 Å². The average molecular weight is 470 g/mol. The number of benzene rings is 3. The van der Waals surface area contributed by atoms with E-state index in [1.165, 1.54) is 22.3 Å². The highest BCUT2D eigenvalue weighted by Gasteiger charge is 2.45. The topological polar surface area (TPSA) is 20.3 Å². The molecule has 1 heterocycles. The summed E-state index contributed by atoms with van der Waals surface area (Å²) >= 11 is 0. The van der Waals surface area contributed by atoms with Crippen molar-refractivity contribution in [1.82, 2.24) is 4.90 Å². The average Bonchev–Trinajstić information content (AvgIpc) is 3.27. The fourth-order valence-corrected chi connectivity index (χ4v) is 6.89. The summed E-state index contributed by atoms with van der Waals surface area (Å²) in [6.45, 7) is 7.07. The van der Waals surface area contributed by atoms with Gasteiger partial charge in [-0.3, -0.25) is 9.69 Å². The Morgan fingerprint density at radius 3 is 2.23 bits per heavy atom. The number of aryl methyl sites for hydroxylation is 1. The molecule has 1 fully saturated rings. The number of piperidine rings is 1. The Morgan fingerprint density at radius 1 is 0.943 bits per heavy atom. The molecule has 4 unspecified atom stereocenters. The van der Waals surface area contributed by atoms with Crippen molar-refractivity contribution >= 4 is 5.78 Å². The van der Waals surface area contributed by atoms with E-state index in [9.17, 15) is 4.79 Å². The molecule has 3 heteroatoms. The van der Waals surface area contributed by atoms with Crippen LogP contribution in [0.1, 0.15) is 66.6 Å².